The number of carboxylic acid groups (broad SMARTS) is 1. The molecule has 0 radical (unpaired) electrons. The van der Waals surface area contributed by atoms with Crippen LogP contribution in [-0.2, 0) is 33.3 Å². The van der Waals surface area contributed by atoms with Gasteiger partial charge in [0.05, 0.1) is 37.2 Å². The molecule has 0 spiro atoms. The van der Waals surface area contributed by atoms with Gasteiger partial charge in [0, 0.05) is 31.5 Å². The van der Waals surface area contributed by atoms with E-state index in [2.05, 4.69) is 20.9 Å². The number of rotatable bonds is 16. The minimum atomic E-state index is -1.60. The lowest BCUT2D eigenvalue weighted by atomic mass is 9.79. The van der Waals surface area contributed by atoms with E-state index in [1.165, 1.54) is 6.92 Å². The summed E-state index contributed by atoms with van der Waals surface area (Å²) in [6.07, 6.45) is -7.94. The normalized spacial score (nSPS) is 35.7. The van der Waals surface area contributed by atoms with Crippen LogP contribution in [0.25, 0.3) is 11.3 Å². The molecule has 15 atom stereocenters. The molecule has 0 bridgehead atoms. The average molecular weight is 847 g/mol. The standard InChI is InChI=1S/C41H62N6O13/c1-21-15-28(34(51)36(53)33(21)50)57-37-27(47-19-26(45-46-47)24-11-7-4-8-12-24)17-25(39(54)43-14-13-42)18-29(37)59-41-32(44-22(2)49)38(35(52)31(20-48)60-41)58-30(40(55)56)16-23-9-5-3-6-10-23/h4,7-8,11-12,19,21,23,25,27-38,41,48,50-53H,3,5-6,9-10,13-18,20,42H2,1-2H3,(H,43,54)(H,44,49)(H,55,56)/t21?,25?,27-,28-,29-,30+,31?,32?,33-,34?,35+,36?,37?,38?,41-/m1/s1. The zero-order valence-electron chi connectivity index (χ0n) is 34.1. The molecule has 4 aliphatic rings. The Morgan fingerprint density at radius 1 is 0.950 bits per heavy atom. The number of benzene rings is 1. The zero-order chi connectivity index (χ0) is 43.1. The molecule has 2 amide bonds. The highest BCUT2D eigenvalue weighted by molar-refractivity contribution is 5.79. The second kappa shape index (κ2) is 21.0. The van der Waals surface area contributed by atoms with E-state index in [9.17, 15) is 45.0 Å². The van der Waals surface area contributed by atoms with E-state index in [4.69, 9.17) is 24.7 Å². The minimum absolute atomic E-state index is 0.00862. The molecule has 1 aromatic carbocycles. The van der Waals surface area contributed by atoms with Crippen molar-refractivity contribution in [1.82, 2.24) is 25.6 Å². The summed E-state index contributed by atoms with van der Waals surface area (Å²) in [6, 6.07) is 7.16. The lowest BCUT2D eigenvalue weighted by Crippen LogP contribution is -2.67. The SMILES string of the molecule is CC(=O)NC1C(O[C@@H](CC2CCCCC2)C(=O)O)[C@@H](O)C(CO)O[C@H]1O[C@@H]1CC(C(=O)NCCN)C[C@@H](n2cc(-c3ccccc3)nn2)C1O[C@@H]1CC(C)[C@@H](O)C(O)C1O. The fourth-order valence-electron chi connectivity index (χ4n) is 9.27. The Hall–Kier alpha value is -3.63. The van der Waals surface area contributed by atoms with Gasteiger partial charge >= 0.3 is 5.97 Å². The number of aliphatic carboxylic acids is 1. The number of carboxylic acids is 1. The Bertz CT molecular complexity index is 1700. The number of ether oxygens (including phenoxy) is 4. The number of aliphatic hydroxyl groups is 5. The van der Waals surface area contributed by atoms with Gasteiger partial charge < -0.3 is 66.0 Å². The van der Waals surface area contributed by atoms with Gasteiger partial charge in [0.1, 0.15) is 48.4 Å². The number of carbonyl (C=O) groups is 3. The van der Waals surface area contributed by atoms with Gasteiger partial charge in [0.25, 0.3) is 0 Å². The first-order valence-corrected chi connectivity index (χ1v) is 21.2. The topological polar surface area (TPSA) is 290 Å². The van der Waals surface area contributed by atoms with Gasteiger partial charge in [-0.25, -0.2) is 9.48 Å². The van der Waals surface area contributed by atoms with E-state index in [0.29, 0.717) is 5.69 Å². The van der Waals surface area contributed by atoms with Crippen LogP contribution < -0.4 is 16.4 Å². The predicted molar refractivity (Wildman–Crippen MR) is 211 cm³/mol. The number of nitrogens with zero attached hydrogens (tertiary/aromatic N) is 3. The Kier molecular flexibility index (Phi) is 16.0. The van der Waals surface area contributed by atoms with Crippen molar-refractivity contribution < 1.29 is 64.0 Å². The van der Waals surface area contributed by atoms with Crippen molar-refractivity contribution in [3.8, 4) is 11.3 Å². The number of aliphatic hydroxyl groups excluding tert-OH is 5. The third-order valence-electron chi connectivity index (χ3n) is 12.5. The fraction of sp³-hybridized carbons (Fsp3) is 0.732. The number of hydrogen-bond donors (Lipinski definition) is 9. The van der Waals surface area contributed by atoms with Gasteiger partial charge in [-0.15, -0.1) is 5.10 Å². The summed E-state index contributed by atoms with van der Waals surface area (Å²) in [7, 11) is 0. The van der Waals surface area contributed by atoms with Gasteiger partial charge in [-0.1, -0.05) is 74.6 Å². The summed E-state index contributed by atoms with van der Waals surface area (Å²) in [5.41, 5.74) is 7.02. The van der Waals surface area contributed by atoms with E-state index in [0.717, 1.165) is 37.7 Å². The monoisotopic (exact) mass is 846 g/mol. The number of amides is 2. The van der Waals surface area contributed by atoms with Crippen LogP contribution >= 0.6 is 0 Å². The molecular weight excluding hydrogens is 784 g/mol. The minimum Gasteiger partial charge on any atom is -0.479 e. The van der Waals surface area contributed by atoms with Crippen molar-refractivity contribution in [1.29, 1.82) is 0 Å². The first-order valence-electron chi connectivity index (χ1n) is 21.2. The Morgan fingerprint density at radius 2 is 1.68 bits per heavy atom. The highest BCUT2D eigenvalue weighted by Crippen LogP contribution is 2.41. The quantitative estimate of drug-likeness (QED) is 0.104. The van der Waals surface area contributed by atoms with Crippen LogP contribution in [0.2, 0.25) is 0 Å². The van der Waals surface area contributed by atoms with Gasteiger partial charge in [0.2, 0.25) is 11.8 Å². The molecule has 8 unspecified atom stereocenters. The van der Waals surface area contributed by atoms with E-state index >= 15 is 0 Å². The maximum Gasteiger partial charge on any atom is 0.332 e. The molecule has 1 aliphatic heterocycles. The smallest absolute Gasteiger partial charge is 0.332 e. The van der Waals surface area contributed by atoms with E-state index < -0.39 is 110 Å². The van der Waals surface area contributed by atoms with Crippen LogP contribution in [0.5, 0.6) is 0 Å². The van der Waals surface area contributed by atoms with Crippen LogP contribution in [0, 0.1) is 17.8 Å². The van der Waals surface area contributed by atoms with Crippen molar-refractivity contribution in [2.75, 3.05) is 19.7 Å². The van der Waals surface area contributed by atoms with Crippen molar-refractivity contribution in [2.24, 2.45) is 23.5 Å². The third kappa shape index (κ3) is 10.9. The Labute approximate surface area is 348 Å². The van der Waals surface area contributed by atoms with Crippen LogP contribution in [0.4, 0.5) is 0 Å². The third-order valence-corrected chi connectivity index (χ3v) is 12.5. The molecule has 6 rings (SSSR count). The summed E-state index contributed by atoms with van der Waals surface area (Å²) in [5, 5.41) is 79.4. The molecule has 334 valence electrons. The number of carbonyl (C=O) groups excluding carboxylic acids is 2. The van der Waals surface area contributed by atoms with Crippen LogP contribution in [-0.4, -0.2) is 156 Å². The summed E-state index contributed by atoms with van der Waals surface area (Å²) >= 11 is 0. The zero-order valence-corrected chi connectivity index (χ0v) is 34.1. The second-order valence-electron chi connectivity index (χ2n) is 16.9. The molecule has 4 fully saturated rings. The molecule has 3 saturated carbocycles. The van der Waals surface area contributed by atoms with Gasteiger partial charge in [0.15, 0.2) is 12.4 Å². The molecule has 1 aromatic heterocycles. The molecule has 19 heteroatoms. The maximum atomic E-state index is 13.8. The molecule has 2 heterocycles. The Balaban J connectivity index is 1.39. The summed E-state index contributed by atoms with van der Waals surface area (Å²) in [5.74, 6) is -3.32. The highest BCUT2D eigenvalue weighted by atomic mass is 16.7. The first-order chi connectivity index (χ1) is 28.8. The summed E-state index contributed by atoms with van der Waals surface area (Å²) < 4.78 is 27.4. The number of nitrogens with two attached hydrogens (primary N) is 1. The Morgan fingerprint density at radius 3 is 2.35 bits per heavy atom. The average Bonchev–Trinajstić information content (AvgIpc) is 3.74. The van der Waals surface area contributed by atoms with Crippen molar-refractivity contribution in [3.63, 3.8) is 0 Å². The van der Waals surface area contributed by atoms with E-state index in [-0.39, 0.29) is 50.6 Å². The summed E-state index contributed by atoms with van der Waals surface area (Å²) in [6.45, 7) is 2.60. The van der Waals surface area contributed by atoms with Crippen molar-refractivity contribution in [3.05, 3.63) is 36.5 Å². The number of hydrogen-bond acceptors (Lipinski definition) is 15. The molecule has 60 heavy (non-hydrogen) atoms. The second-order valence-corrected chi connectivity index (χ2v) is 16.9. The molecule has 10 N–H and O–H groups in total. The van der Waals surface area contributed by atoms with Crippen LogP contribution in [0.3, 0.4) is 0 Å². The largest absolute Gasteiger partial charge is 0.479 e. The lowest BCUT2D eigenvalue weighted by molar-refractivity contribution is -0.310. The van der Waals surface area contributed by atoms with Crippen LogP contribution in [0.15, 0.2) is 36.5 Å². The maximum absolute atomic E-state index is 13.8. The van der Waals surface area contributed by atoms with Crippen LogP contribution in [0.1, 0.15) is 77.7 Å². The molecule has 1 saturated heterocycles. The van der Waals surface area contributed by atoms with E-state index in [1.807, 2.05) is 30.3 Å². The predicted octanol–water partition coefficient (Wildman–Crippen LogP) is -0.376. The summed E-state index contributed by atoms with van der Waals surface area (Å²) in [4.78, 5) is 39.3. The molecular formula is C41H62N6O13. The fourth-order valence-corrected chi connectivity index (χ4v) is 9.27. The highest BCUT2D eigenvalue weighted by Gasteiger charge is 2.53. The van der Waals surface area contributed by atoms with Gasteiger partial charge in [-0.2, -0.15) is 0 Å². The van der Waals surface area contributed by atoms with Gasteiger partial charge in [-0.3, -0.25) is 9.59 Å². The number of aromatic nitrogens is 3. The molecule has 2 aromatic rings. The first kappa shape index (κ1) is 45.9. The number of nitrogens with one attached hydrogen (secondary N) is 2. The van der Waals surface area contributed by atoms with Crippen molar-refractivity contribution >= 4 is 17.8 Å². The van der Waals surface area contributed by atoms with Gasteiger partial charge in [-0.05, 0) is 37.5 Å². The van der Waals surface area contributed by atoms with E-state index in [1.54, 1.807) is 17.8 Å². The lowest BCUT2D eigenvalue weighted by Gasteiger charge is -2.49. The molecule has 19 nitrogen and oxygen atoms in total. The molecule has 3 aliphatic carbocycles. The van der Waals surface area contributed by atoms with Crippen molar-refractivity contribution in [2.45, 2.75) is 151 Å².